The standard InChI is InChI=1S/C14H21N3O3S/c1-8-6-12(15)10(3)14(9(8)2)21(19,20)17-11-4-5-13(18)16-7-11/h6,11,17H,4-5,7,15H2,1-3H3,(H,16,18). The topological polar surface area (TPSA) is 101 Å². The molecule has 1 aliphatic rings. The zero-order valence-corrected chi connectivity index (χ0v) is 13.3. The smallest absolute Gasteiger partial charge is 0.241 e. The van der Waals surface area contributed by atoms with E-state index in [0.29, 0.717) is 36.2 Å². The molecule has 7 heteroatoms. The van der Waals surface area contributed by atoms with Gasteiger partial charge in [-0.05, 0) is 49.9 Å². The van der Waals surface area contributed by atoms with E-state index in [1.54, 1.807) is 19.9 Å². The van der Waals surface area contributed by atoms with E-state index in [-0.39, 0.29) is 16.8 Å². The number of nitrogens with two attached hydrogens (primary N) is 1. The highest BCUT2D eigenvalue weighted by atomic mass is 32.2. The fraction of sp³-hybridized carbons (Fsp3) is 0.500. The highest BCUT2D eigenvalue weighted by Gasteiger charge is 2.27. The minimum atomic E-state index is -3.67. The molecule has 0 aliphatic carbocycles. The van der Waals surface area contributed by atoms with E-state index >= 15 is 0 Å². The monoisotopic (exact) mass is 311 g/mol. The molecule has 0 radical (unpaired) electrons. The molecule has 0 spiro atoms. The Hall–Kier alpha value is -1.60. The molecule has 0 saturated carbocycles. The molecular formula is C14H21N3O3S. The number of carbonyl (C=O) groups excluding carboxylic acids is 1. The lowest BCUT2D eigenvalue weighted by Crippen LogP contribution is -2.47. The van der Waals surface area contributed by atoms with Crippen molar-refractivity contribution in [2.24, 2.45) is 0 Å². The number of hydrogen-bond acceptors (Lipinski definition) is 4. The lowest BCUT2D eigenvalue weighted by atomic mass is 10.1. The number of benzene rings is 1. The first-order valence-corrected chi connectivity index (χ1v) is 8.36. The van der Waals surface area contributed by atoms with E-state index in [9.17, 15) is 13.2 Å². The van der Waals surface area contributed by atoms with Crippen molar-refractivity contribution in [1.82, 2.24) is 10.0 Å². The summed E-state index contributed by atoms with van der Waals surface area (Å²) >= 11 is 0. The molecule has 1 aromatic rings. The quantitative estimate of drug-likeness (QED) is 0.717. The van der Waals surface area contributed by atoms with E-state index in [1.165, 1.54) is 0 Å². The Kier molecular flexibility index (Phi) is 4.25. The SMILES string of the molecule is Cc1cc(N)c(C)c(S(=O)(=O)NC2CCC(=O)NC2)c1C. The number of nitrogens with one attached hydrogen (secondary N) is 2. The van der Waals surface area contributed by atoms with Crippen molar-refractivity contribution in [2.75, 3.05) is 12.3 Å². The molecule has 1 aliphatic heterocycles. The molecule has 116 valence electrons. The van der Waals surface area contributed by atoms with Gasteiger partial charge < -0.3 is 11.1 Å². The number of aryl methyl sites for hydroxylation is 1. The van der Waals surface area contributed by atoms with Gasteiger partial charge in [0.25, 0.3) is 0 Å². The Morgan fingerprint density at radius 3 is 2.52 bits per heavy atom. The van der Waals surface area contributed by atoms with Crippen molar-refractivity contribution in [2.45, 2.75) is 44.6 Å². The molecule has 6 nitrogen and oxygen atoms in total. The number of piperidine rings is 1. The zero-order valence-electron chi connectivity index (χ0n) is 12.5. The van der Waals surface area contributed by atoms with E-state index in [2.05, 4.69) is 10.0 Å². The summed E-state index contributed by atoms with van der Waals surface area (Å²) in [5.74, 6) is -0.0439. The fourth-order valence-electron chi connectivity index (χ4n) is 2.56. The van der Waals surface area contributed by atoms with Crippen molar-refractivity contribution < 1.29 is 13.2 Å². The van der Waals surface area contributed by atoms with Crippen molar-refractivity contribution in [1.29, 1.82) is 0 Å². The van der Waals surface area contributed by atoms with E-state index < -0.39 is 10.0 Å². The van der Waals surface area contributed by atoms with Gasteiger partial charge in [0, 0.05) is 24.7 Å². The summed E-state index contributed by atoms with van der Waals surface area (Å²) in [5, 5.41) is 2.67. The van der Waals surface area contributed by atoms with Crippen LogP contribution < -0.4 is 15.8 Å². The number of rotatable bonds is 3. The maximum Gasteiger partial charge on any atom is 0.241 e. The predicted octanol–water partition coefficient (Wildman–Crippen LogP) is 0.751. The fourth-order valence-corrected chi connectivity index (χ4v) is 4.40. The molecule has 1 saturated heterocycles. The van der Waals surface area contributed by atoms with Crippen molar-refractivity contribution >= 4 is 21.6 Å². The van der Waals surface area contributed by atoms with Gasteiger partial charge in [-0.3, -0.25) is 4.79 Å². The lowest BCUT2D eigenvalue weighted by molar-refractivity contribution is -0.122. The van der Waals surface area contributed by atoms with Crippen molar-refractivity contribution in [3.8, 4) is 0 Å². The van der Waals surface area contributed by atoms with E-state index in [4.69, 9.17) is 5.73 Å². The number of hydrogen-bond donors (Lipinski definition) is 3. The third-order valence-corrected chi connectivity index (χ3v) is 5.73. The Morgan fingerprint density at radius 2 is 1.95 bits per heavy atom. The second-order valence-electron chi connectivity index (χ2n) is 5.52. The summed E-state index contributed by atoms with van der Waals surface area (Å²) in [4.78, 5) is 11.4. The van der Waals surface area contributed by atoms with Crippen LogP contribution in [0.3, 0.4) is 0 Å². The Labute approximate surface area is 125 Å². The molecule has 21 heavy (non-hydrogen) atoms. The molecular weight excluding hydrogens is 290 g/mol. The van der Waals surface area contributed by atoms with Gasteiger partial charge >= 0.3 is 0 Å². The van der Waals surface area contributed by atoms with E-state index in [0.717, 1.165) is 5.56 Å². The zero-order chi connectivity index (χ0) is 15.8. The first kappa shape index (κ1) is 15.8. The van der Waals surface area contributed by atoms with E-state index in [1.807, 2.05) is 6.92 Å². The molecule has 1 amide bonds. The average Bonchev–Trinajstić information content (AvgIpc) is 2.39. The normalized spacial score (nSPS) is 19.4. The number of amides is 1. The molecule has 2 rings (SSSR count). The van der Waals surface area contributed by atoms with Crippen molar-refractivity contribution in [3.63, 3.8) is 0 Å². The molecule has 0 bridgehead atoms. The predicted molar refractivity (Wildman–Crippen MR) is 81.4 cm³/mol. The molecule has 1 fully saturated rings. The second kappa shape index (κ2) is 5.65. The van der Waals surface area contributed by atoms with Gasteiger partial charge in [-0.15, -0.1) is 0 Å². The van der Waals surface area contributed by atoms with Crippen LogP contribution >= 0.6 is 0 Å². The van der Waals surface area contributed by atoms with Crippen LogP contribution in [0.2, 0.25) is 0 Å². The Balaban J connectivity index is 2.34. The molecule has 1 aromatic carbocycles. The van der Waals surface area contributed by atoms with Gasteiger partial charge in [0.2, 0.25) is 15.9 Å². The minimum Gasteiger partial charge on any atom is -0.398 e. The summed E-state index contributed by atoms with van der Waals surface area (Å²) in [6, 6.07) is 1.50. The number of carbonyl (C=O) groups is 1. The van der Waals surface area contributed by atoms with Crippen LogP contribution in [0.25, 0.3) is 0 Å². The van der Waals surface area contributed by atoms with Gasteiger partial charge in [-0.25, -0.2) is 13.1 Å². The van der Waals surface area contributed by atoms with Crippen LogP contribution in [0.4, 0.5) is 5.69 Å². The number of nitrogen functional groups attached to an aromatic ring is 1. The molecule has 1 heterocycles. The summed E-state index contributed by atoms with van der Waals surface area (Å²) in [6.45, 7) is 5.64. The Bertz CT molecular complexity index is 647. The third-order valence-electron chi connectivity index (χ3n) is 3.93. The first-order valence-electron chi connectivity index (χ1n) is 6.87. The maximum atomic E-state index is 12.6. The van der Waals surface area contributed by atoms with Crippen LogP contribution in [0, 0.1) is 20.8 Å². The maximum absolute atomic E-state index is 12.6. The Morgan fingerprint density at radius 1 is 1.29 bits per heavy atom. The minimum absolute atomic E-state index is 0.0439. The molecule has 1 unspecified atom stereocenters. The second-order valence-corrected chi connectivity index (χ2v) is 7.17. The van der Waals surface area contributed by atoms with Crippen LogP contribution in [-0.4, -0.2) is 26.9 Å². The highest BCUT2D eigenvalue weighted by Crippen LogP contribution is 2.28. The number of sulfonamides is 1. The summed E-state index contributed by atoms with van der Waals surface area (Å²) in [6.07, 6.45) is 0.839. The summed E-state index contributed by atoms with van der Waals surface area (Å²) < 4.78 is 28.0. The van der Waals surface area contributed by atoms with Gasteiger partial charge in [-0.2, -0.15) is 0 Å². The average molecular weight is 311 g/mol. The molecule has 1 atom stereocenters. The van der Waals surface area contributed by atoms with Gasteiger partial charge in [-0.1, -0.05) is 0 Å². The van der Waals surface area contributed by atoms with Gasteiger partial charge in [0.15, 0.2) is 0 Å². The largest absolute Gasteiger partial charge is 0.398 e. The summed E-state index contributed by atoms with van der Waals surface area (Å²) in [7, 11) is -3.67. The van der Waals surface area contributed by atoms with Gasteiger partial charge in [0.1, 0.15) is 0 Å². The molecule has 0 aromatic heterocycles. The van der Waals surface area contributed by atoms with Crippen LogP contribution in [-0.2, 0) is 14.8 Å². The van der Waals surface area contributed by atoms with Crippen LogP contribution in [0.5, 0.6) is 0 Å². The molecule has 4 N–H and O–H groups in total. The van der Waals surface area contributed by atoms with Crippen LogP contribution in [0.1, 0.15) is 29.5 Å². The first-order chi connectivity index (χ1) is 9.72. The lowest BCUT2D eigenvalue weighted by Gasteiger charge is -2.24. The summed E-state index contributed by atoms with van der Waals surface area (Å²) in [5.41, 5.74) is 8.46. The highest BCUT2D eigenvalue weighted by molar-refractivity contribution is 7.89. The third kappa shape index (κ3) is 3.19. The van der Waals surface area contributed by atoms with Crippen LogP contribution in [0.15, 0.2) is 11.0 Å². The van der Waals surface area contributed by atoms with Crippen molar-refractivity contribution in [3.05, 3.63) is 22.8 Å². The van der Waals surface area contributed by atoms with Gasteiger partial charge in [0.05, 0.1) is 4.90 Å². The number of anilines is 1.